The Bertz CT molecular complexity index is 335. The Balaban J connectivity index is 2.51. The van der Waals surface area contributed by atoms with Crippen LogP contribution in [0.5, 0.6) is 0 Å². The summed E-state index contributed by atoms with van der Waals surface area (Å²) in [5.74, 6) is -1.05. The summed E-state index contributed by atoms with van der Waals surface area (Å²) < 4.78 is 6.82. The van der Waals surface area contributed by atoms with Crippen molar-refractivity contribution in [2.75, 3.05) is 13.2 Å². The van der Waals surface area contributed by atoms with Gasteiger partial charge in [-0.05, 0) is 13.3 Å². The van der Waals surface area contributed by atoms with Crippen LogP contribution < -0.4 is 0 Å². The molecule has 1 N–H and O–H groups in total. The van der Waals surface area contributed by atoms with Gasteiger partial charge in [0.25, 0.3) is 0 Å². The molecule has 0 aromatic carbocycles. The topological polar surface area (TPSA) is 77.2 Å². The summed E-state index contributed by atoms with van der Waals surface area (Å²) in [5.41, 5.74) is 0.563. The number of carboxylic acid groups (broad SMARTS) is 1. The third kappa shape index (κ3) is 3.02. The van der Waals surface area contributed by atoms with Gasteiger partial charge >= 0.3 is 5.97 Å². The maximum absolute atomic E-state index is 10.7. The minimum Gasteiger partial charge on any atom is -0.476 e. The predicted octanol–water partition coefficient (Wildman–Crippen LogP) is 0.711. The van der Waals surface area contributed by atoms with Gasteiger partial charge in [0.05, 0.1) is 18.8 Å². The molecule has 6 heteroatoms. The number of nitrogens with zero attached hydrogens (tertiary/aromatic N) is 3. The monoisotopic (exact) mass is 213 g/mol. The van der Waals surface area contributed by atoms with E-state index in [0.29, 0.717) is 25.5 Å². The zero-order chi connectivity index (χ0) is 11.3. The molecule has 0 atom stereocenters. The smallest absolute Gasteiger partial charge is 0.358 e. The molecular formula is C9H15N3O3. The first-order valence-electron chi connectivity index (χ1n) is 4.88. The standard InChI is InChI=1S/C9H15N3O3/c1-3-5-15-6-4-12-7(2)8(9(13)14)10-11-12/h3-6H2,1-2H3,(H,13,14). The number of hydrogen-bond acceptors (Lipinski definition) is 4. The lowest BCUT2D eigenvalue weighted by Gasteiger charge is -2.03. The fraction of sp³-hybridized carbons (Fsp3) is 0.667. The lowest BCUT2D eigenvalue weighted by atomic mass is 10.3. The van der Waals surface area contributed by atoms with E-state index >= 15 is 0 Å². The summed E-state index contributed by atoms with van der Waals surface area (Å²) in [5, 5.41) is 16.1. The van der Waals surface area contributed by atoms with Crippen LogP contribution in [0.1, 0.15) is 29.5 Å². The lowest BCUT2D eigenvalue weighted by molar-refractivity contribution is 0.0689. The van der Waals surface area contributed by atoms with Crippen molar-refractivity contribution in [3.8, 4) is 0 Å². The van der Waals surface area contributed by atoms with Gasteiger partial charge in [-0.3, -0.25) is 0 Å². The van der Waals surface area contributed by atoms with Crippen LogP contribution >= 0.6 is 0 Å². The van der Waals surface area contributed by atoms with Crippen LogP contribution in [0.3, 0.4) is 0 Å². The maximum Gasteiger partial charge on any atom is 0.358 e. The van der Waals surface area contributed by atoms with Gasteiger partial charge in [-0.1, -0.05) is 12.1 Å². The van der Waals surface area contributed by atoms with Gasteiger partial charge in [0.1, 0.15) is 0 Å². The summed E-state index contributed by atoms with van der Waals surface area (Å²) in [6.07, 6.45) is 0.969. The second-order valence-electron chi connectivity index (χ2n) is 3.16. The van der Waals surface area contributed by atoms with Gasteiger partial charge in [-0.2, -0.15) is 0 Å². The van der Waals surface area contributed by atoms with E-state index in [1.54, 1.807) is 11.6 Å². The highest BCUT2D eigenvalue weighted by Gasteiger charge is 2.14. The maximum atomic E-state index is 10.7. The number of aromatic nitrogens is 3. The van der Waals surface area contributed by atoms with E-state index in [0.717, 1.165) is 6.42 Å². The third-order valence-corrected chi connectivity index (χ3v) is 1.98. The molecule has 0 unspecified atom stereocenters. The molecule has 15 heavy (non-hydrogen) atoms. The molecule has 1 aromatic rings. The van der Waals surface area contributed by atoms with Crippen LogP contribution in [0.4, 0.5) is 0 Å². The van der Waals surface area contributed by atoms with Crippen molar-refractivity contribution >= 4 is 5.97 Å². The minimum atomic E-state index is -1.05. The SMILES string of the molecule is CCCOCCn1nnc(C(=O)O)c1C. The van der Waals surface area contributed by atoms with Crippen molar-refractivity contribution in [1.82, 2.24) is 15.0 Å². The fourth-order valence-electron chi connectivity index (χ4n) is 1.17. The molecule has 0 aliphatic rings. The Labute approximate surface area is 87.9 Å². The number of carbonyl (C=O) groups is 1. The minimum absolute atomic E-state index is 0.00508. The molecule has 0 amide bonds. The van der Waals surface area contributed by atoms with Gasteiger partial charge in [-0.25, -0.2) is 9.48 Å². The van der Waals surface area contributed by atoms with E-state index in [1.807, 2.05) is 6.92 Å². The summed E-state index contributed by atoms with van der Waals surface area (Å²) in [6.45, 7) is 5.48. The van der Waals surface area contributed by atoms with Crippen LogP contribution in [0.2, 0.25) is 0 Å². The van der Waals surface area contributed by atoms with E-state index in [9.17, 15) is 4.79 Å². The van der Waals surface area contributed by atoms with E-state index in [2.05, 4.69) is 10.3 Å². The number of rotatable bonds is 6. The van der Waals surface area contributed by atoms with Crippen LogP contribution in [0.25, 0.3) is 0 Å². The summed E-state index contributed by atoms with van der Waals surface area (Å²) in [7, 11) is 0. The van der Waals surface area contributed by atoms with Crippen molar-refractivity contribution in [2.24, 2.45) is 0 Å². The van der Waals surface area contributed by atoms with E-state index in [1.165, 1.54) is 0 Å². The second kappa shape index (κ2) is 5.45. The molecule has 0 saturated carbocycles. The van der Waals surface area contributed by atoms with Crippen LogP contribution in [0.15, 0.2) is 0 Å². The van der Waals surface area contributed by atoms with Crippen LogP contribution in [-0.4, -0.2) is 39.3 Å². The first kappa shape index (κ1) is 11.6. The number of hydrogen-bond donors (Lipinski definition) is 1. The van der Waals surface area contributed by atoms with Gasteiger partial charge < -0.3 is 9.84 Å². The Morgan fingerprint density at radius 3 is 2.80 bits per heavy atom. The highest BCUT2D eigenvalue weighted by molar-refractivity contribution is 5.86. The van der Waals surface area contributed by atoms with E-state index in [-0.39, 0.29) is 5.69 Å². The predicted molar refractivity (Wildman–Crippen MR) is 52.8 cm³/mol. The number of carboxylic acids is 1. The average molecular weight is 213 g/mol. The molecule has 0 saturated heterocycles. The molecule has 0 radical (unpaired) electrons. The van der Waals surface area contributed by atoms with Crippen molar-refractivity contribution in [3.05, 3.63) is 11.4 Å². The molecule has 1 rings (SSSR count). The molecule has 0 fully saturated rings. The van der Waals surface area contributed by atoms with Crippen LogP contribution in [-0.2, 0) is 11.3 Å². The highest BCUT2D eigenvalue weighted by atomic mass is 16.5. The molecule has 84 valence electrons. The Morgan fingerprint density at radius 2 is 2.27 bits per heavy atom. The summed E-state index contributed by atoms with van der Waals surface area (Å²) >= 11 is 0. The normalized spacial score (nSPS) is 10.5. The van der Waals surface area contributed by atoms with Crippen LogP contribution in [0, 0.1) is 6.92 Å². The zero-order valence-electron chi connectivity index (χ0n) is 8.93. The quantitative estimate of drug-likeness (QED) is 0.704. The number of ether oxygens (including phenoxy) is 1. The molecule has 0 bridgehead atoms. The Morgan fingerprint density at radius 1 is 1.53 bits per heavy atom. The van der Waals surface area contributed by atoms with Crippen molar-refractivity contribution in [1.29, 1.82) is 0 Å². The summed E-state index contributed by atoms with van der Waals surface area (Å²) in [6, 6.07) is 0. The van der Waals surface area contributed by atoms with Gasteiger partial charge in [0.2, 0.25) is 0 Å². The third-order valence-electron chi connectivity index (χ3n) is 1.98. The molecule has 0 aliphatic heterocycles. The van der Waals surface area contributed by atoms with Gasteiger partial charge in [-0.15, -0.1) is 5.10 Å². The lowest BCUT2D eigenvalue weighted by Crippen LogP contribution is -2.10. The molecule has 0 spiro atoms. The highest BCUT2D eigenvalue weighted by Crippen LogP contribution is 2.02. The van der Waals surface area contributed by atoms with Crippen molar-refractivity contribution < 1.29 is 14.6 Å². The van der Waals surface area contributed by atoms with E-state index < -0.39 is 5.97 Å². The Hall–Kier alpha value is -1.43. The molecular weight excluding hydrogens is 198 g/mol. The molecule has 6 nitrogen and oxygen atoms in total. The number of aromatic carboxylic acids is 1. The zero-order valence-corrected chi connectivity index (χ0v) is 8.93. The van der Waals surface area contributed by atoms with Gasteiger partial charge in [0.15, 0.2) is 5.69 Å². The largest absolute Gasteiger partial charge is 0.476 e. The Kier molecular flexibility index (Phi) is 4.23. The summed E-state index contributed by atoms with van der Waals surface area (Å²) in [4.78, 5) is 10.7. The second-order valence-corrected chi connectivity index (χ2v) is 3.16. The van der Waals surface area contributed by atoms with Crippen molar-refractivity contribution in [2.45, 2.75) is 26.8 Å². The molecule has 0 aliphatic carbocycles. The fourth-order valence-corrected chi connectivity index (χ4v) is 1.17. The van der Waals surface area contributed by atoms with Gasteiger partial charge in [0, 0.05) is 6.61 Å². The first-order chi connectivity index (χ1) is 7.16. The van der Waals surface area contributed by atoms with E-state index in [4.69, 9.17) is 9.84 Å². The first-order valence-corrected chi connectivity index (χ1v) is 4.88. The molecule has 1 heterocycles. The average Bonchev–Trinajstić information content (AvgIpc) is 2.55. The molecule has 1 aromatic heterocycles. The van der Waals surface area contributed by atoms with Crippen molar-refractivity contribution in [3.63, 3.8) is 0 Å².